The Bertz CT molecular complexity index is 257. The quantitative estimate of drug-likeness (QED) is 0.658. The first-order valence-electron chi connectivity index (χ1n) is 3.25. The van der Waals surface area contributed by atoms with Crippen LogP contribution in [0.25, 0.3) is 0 Å². The average Bonchev–Trinajstić information content (AvgIpc) is 2.36. The Labute approximate surface area is 63.2 Å². The summed E-state index contributed by atoms with van der Waals surface area (Å²) in [7, 11) is 0. The van der Waals surface area contributed by atoms with E-state index in [2.05, 4.69) is 9.72 Å². The van der Waals surface area contributed by atoms with Gasteiger partial charge in [-0.3, -0.25) is 0 Å². The summed E-state index contributed by atoms with van der Waals surface area (Å²) in [6.45, 7) is 1.92. The van der Waals surface area contributed by atoms with E-state index in [0.29, 0.717) is 0 Å². The maximum Gasteiger partial charge on any atom is 0.342 e. The van der Waals surface area contributed by atoms with Gasteiger partial charge in [-0.25, -0.2) is 9.18 Å². The number of rotatable bonds is 2. The predicted molar refractivity (Wildman–Crippen MR) is 36.7 cm³/mol. The van der Waals surface area contributed by atoms with Crippen LogP contribution >= 0.6 is 0 Å². The van der Waals surface area contributed by atoms with Crippen LogP contribution in [-0.2, 0) is 4.74 Å². The van der Waals surface area contributed by atoms with E-state index in [9.17, 15) is 9.18 Å². The molecule has 4 heteroatoms. The molecule has 1 aromatic rings. The number of aromatic nitrogens is 1. The van der Waals surface area contributed by atoms with Crippen molar-refractivity contribution in [2.75, 3.05) is 6.61 Å². The number of carbonyl (C=O) groups is 1. The van der Waals surface area contributed by atoms with E-state index in [-0.39, 0.29) is 12.2 Å². The van der Waals surface area contributed by atoms with E-state index in [1.165, 1.54) is 6.20 Å². The highest BCUT2D eigenvalue weighted by Gasteiger charge is 2.12. The fourth-order valence-electron chi connectivity index (χ4n) is 0.710. The first kappa shape index (κ1) is 7.78. The van der Waals surface area contributed by atoms with E-state index in [4.69, 9.17) is 0 Å². The van der Waals surface area contributed by atoms with Crippen LogP contribution in [0.5, 0.6) is 0 Å². The molecule has 0 radical (unpaired) electrons. The molecule has 1 aromatic heterocycles. The number of carbonyl (C=O) groups excluding carboxylic acids is 1. The number of esters is 1. The van der Waals surface area contributed by atoms with E-state index in [1.807, 2.05) is 0 Å². The second-order valence-electron chi connectivity index (χ2n) is 1.94. The van der Waals surface area contributed by atoms with Gasteiger partial charge in [-0.05, 0) is 6.92 Å². The molecule has 0 saturated heterocycles. The number of halogens is 1. The molecule has 0 aromatic carbocycles. The molecule has 0 bridgehead atoms. The van der Waals surface area contributed by atoms with Crippen molar-refractivity contribution in [2.45, 2.75) is 6.92 Å². The number of aromatic amines is 1. The number of hydrogen-bond acceptors (Lipinski definition) is 2. The molecule has 11 heavy (non-hydrogen) atoms. The zero-order valence-corrected chi connectivity index (χ0v) is 6.06. The van der Waals surface area contributed by atoms with Crippen molar-refractivity contribution in [3.63, 3.8) is 0 Å². The largest absolute Gasteiger partial charge is 0.462 e. The molecule has 0 saturated carbocycles. The molecular formula is C7H8FNO2. The highest BCUT2D eigenvalue weighted by atomic mass is 19.1. The van der Waals surface area contributed by atoms with Crippen molar-refractivity contribution in [1.82, 2.24) is 4.98 Å². The van der Waals surface area contributed by atoms with Gasteiger partial charge in [0.1, 0.15) is 5.56 Å². The first-order valence-corrected chi connectivity index (χ1v) is 3.25. The number of nitrogens with one attached hydrogen (secondary N) is 1. The minimum absolute atomic E-state index is 0.0492. The van der Waals surface area contributed by atoms with Crippen LogP contribution < -0.4 is 0 Å². The minimum atomic E-state index is -0.633. The molecule has 0 amide bonds. The van der Waals surface area contributed by atoms with Gasteiger partial charge in [0.05, 0.1) is 6.61 Å². The number of ether oxygens (including phenoxy) is 1. The van der Waals surface area contributed by atoms with Gasteiger partial charge >= 0.3 is 5.97 Å². The van der Waals surface area contributed by atoms with Crippen molar-refractivity contribution in [1.29, 1.82) is 0 Å². The number of hydrogen-bond donors (Lipinski definition) is 1. The molecular weight excluding hydrogens is 149 g/mol. The molecule has 0 aliphatic rings. The standard InChI is InChI=1S/C7H8FNO2/c1-2-11-7(10)5-3-9-4-6(5)8/h3-4,9H,2H2,1H3. The molecule has 1 heterocycles. The van der Waals surface area contributed by atoms with Gasteiger partial charge in [-0.1, -0.05) is 0 Å². The maximum atomic E-state index is 12.6. The maximum absolute atomic E-state index is 12.6. The molecule has 0 fully saturated rings. The van der Waals surface area contributed by atoms with Crippen LogP contribution in [0.4, 0.5) is 4.39 Å². The second-order valence-corrected chi connectivity index (χ2v) is 1.94. The lowest BCUT2D eigenvalue weighted by Crippen LogP contribution is -2.04. The molecule has 0 atom stereocenters. The molecule has 3 nitrogen and oxygen atoms in total. The van der Waals surface area contributed by atoms with Crippen LogP contribution in [0.3, 0.4) is 0 Å². The molecule has 1 rings (SSSR count). The molecule has 0 aliphatic carbocycles. The Morgan fingerprint density at radius 1 is 1.73 bits per heavy atom. The topological polar surface area (TPSA) is 42.1 Å². The Morgan fingerprint density at radius 3 is 2.91 bits per heavy atom. The zero-order valence-electron chi connectivity index (χ0n) is 6.06. The number of H-pyrrole nitrogens is 1. The van der Waals surface area contributed by atoms with Gasteiger partial charge in [0, 0.05) is 12.4 Å². The lowest BCUT2D eigenvalue weighted by molar-refractivity contribution is 0.0521. The highest BCUT2D eigenvalue weighted by Crippen LogP contribution is 2.06. The normalized spacial score (nSPS) is 9.64. The van der Waals surface area contributed by atoms with Gasteiger partial charge in [0.2, 0.25) is 0 Å². The van der Waals surface area contributed by atoms with Gasteiger partial charge in [0.15, 0.2) is 5.82 Å². The van der Waals surface area contributed by atoms with Crippen LogP contribution in [0.2, 0.25) is 0 Å². The monoisotopic (exact) mass is 157 g/mol. The van der Waals surface area contributed by atoms with Gasteiger partial charge in [-0.2, -0.15) is 0 Å². The van der Waals surface area contributed by atoms with E-state index < -0.39 is 11.8 Å². The lowest BCUT2D eigenvalue weighted by Gasteiger charge is -1.96. The third kappa shape index (κ3) is 1.58. The Morgan fingerprint density at radius 2 is 2.45 bits per heavy atom. The Hall–Kier alpha value is -1.32. The summed E-state index contributed by atoms with van der Waals surface area (Å²) in [4.78, 5) is 13.3. The van der Waals surface area contributed by atoms with Crippen molar-refractivity contribution in [2.24, 2.45) is 0 Å². The summed E-state index contributed by atoms with van der Waals surface area (Å²) in [5.74, 6) is -1.21. The summed E-state index contributed by atoms with van der Waals surface area (Å²) >= 11 is 0. The third-order valence-electron chi connectivity index (χ3n) is 1.19. The van der Waals surface area contributed by atoms with Crippen molar-refractivity contribution >= 4 is 5.97 Å². The van der Waals surface area contributed by atoms with E-state index >= 15 is 0 Å². The average molecular weight is 157 g/mol. The van der Waals surface area contributed by atoms with Crippen molar-refractivity contribution < 1.29 is 13.9 Å². The zero-order chi connectivity index (χ0) is 8.27. The van der Waals surface area contributed by atoms with Crippen molar-refractivity contribution in [3.05, 3.63) is 23.8 Å². The van der Waals surface area contributed by atoms with Crippen LogP contribution in [-0.4, -0.2) is 17.6 Å². The minimum Gasteiger partial charge on any atom is -0.462 e. The molecule has 1 N–H and O–H groups in total. The van der Waals surface area contributed by atoms with Crippen LogP contribution in [0, 0.1) is 5.82 Å². The third-order valence-corrected chi connectivity index (χ3v) is 1.19. The van der Waals surface area contributed by atoms with Gasteiger partial charge in [-0.15, -0.1) is 0 Å². The Kier molecular flexibility index (Phi) is 2.25. The van der Waals surface area contributed by atoms with Crippen LogP contribution in [0.1, 0.15) is 17.3 Å². The van der Waals surface area contributed by atoms with Crippen LogP contribution in [0.15, 0.2) is 12.4 Å². The second kappa shape index (κ2) is 3.18. The summed E-state index contributed by atoms with van der Waals surface area (Å²) in [5, 5.41) is 0. The SMILES string of the molecule is CCOC(=O)c1c[nH]cc1F. The fraction of sp³-hybridized carbons (Fsp3) is 0.286. The molecule has 0 spiro atoms. The summed E-state index contributed by atoms with van der Waals surface area (Å²) in [6, 6.07) is 0. The summed E-state index contributed by atoms with van der Waals surface area (Å²) in [5.41, 5.74) is -0.0492. The van der Waals surface area contributed by atoms with E-state index in [0.717, 1.165) is 6.20 Å². The molecule has 0 unspecified atom stereocenters. The predicted octanol–water partition coefficient (Wildman–Crippen LogP) is 1.33. The van der Waals surface area contributed by atoms with Gasteiger partial charge in [0.25, 0.3) is 0 Å². The first-order chi connectivity index (χ1) is 5.25. The highest BCUT2D eigenvalue weighted by molar-refractivity contribution is 5.89. The summed E-state index contributed by atoms with van der Waals surface area (Å²) in [6.07, 6.45) is 2.37. The Balaban J connectivity index is 2.76. The van der Waals surface area contributed by atoms with E-state index in [1.54, 1.807) is 6.92 Å². The lowest BCUT2D eigenvalue weighted by atomic mass is 10.3. The van der Waals surface area contributed by atoms with Gasteiger partial charge < -0.3 is 9.72 Å². The summed E-state index contributed by atoms with van der Waals surface area (Å²) < 4.78 is 17.2. The molecule has 60 valence electrons. The smallest absolute Gasteiger partial charge is 0.342 e. The molecule has 0 aliphatic heterocycles. The fourth-order valence-corrected chi connectivity index (χ4v) is 0.710. The van der Waals surface area contributed by atoms with Crippen molar-refractivity contribution in [3.8, 4) is 0 Å².